The van der Waals surface area contributed by atoms with E-state index in [2.05, 4.69) is 15.2 Å². The fraction of sp³-hybridized carbons (Fsp3) is 0.611. The molecule has 0 bridgehead atoms. The summed E-state index contributed by atoms with van der Waals surface area (Å²) in [6.07, 6.45) is 3.54. The molecule has 2 aliphatic rings. The van der Waals surface area contributed by atoms with Crippen LogP contribution in [0.5, 0.6) is 0 Å². The molecule has 8 nitrogen and oxygen atoms in total. The molecule has 2 fully saturated rings. The summed E-state index contributed by atoms with van der Waals surface area (Å²) in [6, 6.07) is 3.51. The topological polar surface area (TPSA) is 84.0 Å². The van der Waals surface area contributed by atoms with E-state index in [9.17, 15) is 9.59 Å². The van der Waals surface area contributed by atoms with Gasteiger partial charge >= 0.3 is 6.09 Å². The van der Waals surface area contributed by atoms with E-state index in [0.717, 1.165) is 25.3 Å². The first-order chi connectivity index (χ1) is 12.7. The van der Waals surface area contributed by atoms with Crippen molar-refractivity contribution in [2.75, 3.05) is 50.8 Å². The highest BCUT2D eigenvalue weighted by Gasteiger charge is 2.23. The minimum Gasteiger partial charge on any atom is -0.450 e. The van der Waals surface area contributed by atoms with Crippen LogP contribution >= 0.6 is 0 Å². The van der Waals surface area contributed by atoms with E-state index in [1.165, 1.54) is 0 Å². The maximum absolute atomic E-state index is 12.4. The van der Waals surface area contributed by atoms with Crippen molar-refractivity contribution < 1.29 is 19.1 Å². The zero-order chi connectivity index (χ0) is 18.4. The van der Waals surface area contributed by atoms with Crippen LogP contribution in [-0.4, -0.2) is 73.9 Å². The molecular weight excluding hydrogens is 336 g/mol. The molecule has 3 heterocycles. The lowest BCUT2D eigenvalue weighted by Gasteiger charge is -2.34. The molecule has 0 radical (unpaired) electrons. The number of rotatable bonds is 5. The van der Waals surface area contributed by atoms with E-state index >= 15 is 0 Å². The van der Waals surface area contributed by atoms with E-state index < -0.39 is 0 Å². The van der Waals surface area contributed by atoms with Gasteiger partial charge < -0.3 is 24.6 Å². The lowest BCUT2D eigenvalue weighted by Crippen LogP contribution is -2.49. The molecule has 1 unspecified atom stereocenters. The molecule has 2 saturated heterocycles. The Morgan fingerprint density at radius 1 is 1.35 bits per heavy atom. The van der Waals surface area contributed by atoms with Gasteiger partial charge in [-0.1, -0.05) is 0 Å². The van der Waals surface area contributed by atoms with Gasteiger partial charge in [0.05, 0.1) is 12.7 Å². The number of ether oxygens (including phenoxy) is 2. The third-order valence-corrected chi connectivity index (χ3v) is 4.65. The van der Waals surface area contributed by atoms with Crippen LogP contribution in [-0.2, 0) is 9.47 Å². The SMILES string of the molecule is CCOC(=O)N1CCN(c2cc(C(=O)NCC3CCCO3)ccn2)CC1. The Hall–Kier alpha value is -2.35. The van der Waals surface area contributed by atoms with Crippen LogP contribution in [0.25, 0.3) is 0 Å². The van der Waals surface area contributed by atoms with Gasteiger partial charge in [-0.3, -0.25) is 4.79 Å². The Kier molecular flexibility index (Phi) is 6.27. The molecule has 0 aliphatic carbocycles. The monoisotopic (exact) mass is 362 g/mol. The number of anilines is 1. The van der Waals surface area contributed by atoms with Crippen molar-refractivity contribution in [2.24, 2.45) is 0 Å². The number of hydrogen-bond acceptors (Lipinski definition) is 6. The predicted molar refractivity (Wildman–Crippen MR) is 96.4 cm³/mol. The summed E-state index contributed by atoms with van der Waals surface area (Å²) in [5, 5.41) is 2.93. The Bertz CT molecular complexity index is 625. The molecule has 1 aromatic rings. The van der Waals surface area contributed by atoms with E-state index in [-0.39, 0.29) is 18.1 Å². The maximum atomic E-state index is 12.4. The summed E-state index contributed by atoms with van der Waals surface area (Å²) in [4.78, 5) is 32.3. The van der Waals surface area contributed by atoms with Crippen molar-refractivity contribution in [3.8, 4) is 0 Å². The van der Waals surface area contributed by atoms with Crippen LogP contribution in [0.3, 0.4) is 0 Å². The standard InChI is InChI=1S/C18H26N4O4/c1-2-25-18(24)22-9-7-21(8-10-22)16-12-14(5-6-19-16)17(23)20-13-15-4-3-11-26-15/h5-6,12,15H,2-4,7-11,13H2,1H3,(H,20,23). The highest BCUT2D eigenvalue weighted by molar-refractivity contribution is 5.94. The fourth-order valence-electron chi connectivity index (χ4n) is 3.18. The smallest absolute Gasteiger partial charge is 0.409 e. The van der Waals surface area contributed by atoms with Crippen molar-refractivity contribution >= 4 is 17.8 Å². The van der Waals surface area contributed by atoms with E-state index in [1.54, 1.807) is 30.2 Å². The van der Waals surface area contributed by atoms with E-state index in [1.807, 2.05) is 0 Å². The normalized spacial score (nSPS) is 20.1. The fourth-order valence-corrected chi connectivity index (χ4v) is 3.18. The van der Waals surface area contributed by atoms with Crippen LogP contribution in [0, 0.1) is 0 Å². The van der Waals surface area contributed by atoms with Crippen LogP contribution in [0.2, 0.25) is 0 Å². The lowest BCUT2D eigenvalue weighted by atomic mass is 10.2. The number of aromatic nitrogens is 1. The average molecular weight is 362 g/mol. The molecule has 2 amide bonds. The summed E-state index contributed by atoms with van der Waals surface area (Å²) in [6.45, 7) is 5.97. The summed E-state index contributed by atoms with van der Waals surface area (Å²) in [5.74, 6) is 0.632. The first kappa shape index (κ1) is 18.4. The zero-order valence-electron chi connectivity index (χ0n) is 15.1. The Labute approximate surface area is 153 Å². The van der Waals surface area contributed by atoms with E-state index in [4.69, 9.17) is 9.47 Å². The summed E-state index contributed by atoms with van der Waals surface area (Å²) in [5.41, 5.74) is 0.584. The van der Waals surface area contributed by atoms with Gasteiger partial charge in [0.15, 0.2) is 0 Å². The van der Waals surface area contributed by atoms with Crippen molar-refractivity contribution in [3.05, 3.63) is 23.9 Å². The first-order valence-electron chi connectivity index (χ1n) is 9.20. The van der Waals surface area contributed by atoms with Crippen molar-refractivity contribution in [1.82, 2.24) is 15.2 Å². The number of nitrogens with one attached hydrogen (secondary N) is 1. The molecule has 0 spiro atoms. The molecule has 2 aliphatic heterocycles. The molecule has 1 aromatic heterocycles. The quantitative estimate of drug-likeness (QED) is 0.849. The third kappa shape index (κ3) is 4.63. The number of pyridine rings is 1. The van der Waals surface area contributed by atoms with Gasteiger partial charge in [-0.15, -0.1) is 0 Å². The van der Waals surface area contributed by atoms with Crippen molar-refractivity contribution in [3.63, 3.8) is 0 Å². The number of hydrogen-bond donors (Lipinski definition) is 1. The van der Waals surface area contributed by atoms with Gasteiger partial charge in [0.25, 0.3) is 5.91 Å². The maximum Gasteiger partial charge on any atom is 0.409 e. The van der Waals surface area contributed by atoms with Crippen molar-refractivity contribution in [1.29, 1.82) is 0 Å². The summed E-state index contributed by atoms with van der Waals surface area (Å²) in [7, 11) is 0. The van der Waals surface area contributed by atoms with E-state index in [0.29, 0.717) is 44.9 Å². The van der Waals surface area contributed by atoms with Crippen LogP contribution in [0.15, 0.2) is 18.3 Å². The molecular formula is C18H26N4O4. The van der Waals surface area contributed by atoms with Gasteiger partial charge in [-0.2, -0.15) is 0 Å². The first-order valence-corrected chi connectivity index (χ1v) is 9.20. The second-order valence-electron chi connectivity index (χ2n) is 6.42. The second-order valence-corrected chi connectivity index (χ2v) is 6.42. The van der Waals surface area contributed by atoms with Gasteiger partial charge in [-0.25, -0.2) is 9.78 Å². The van der Waals surface area contributed by atoms with Crippen molar-refractivity contribution in [2.45, 2.75) is 25.9 Å². The Balaban J connectivity index is 1.54. The minimum absolute atomic E-state index is 0.116. The molecule has 1 N–H and O–H groups in total. The van der Waals surface area contributed by atoms with Gasteiger partial charge in [0.1, 0.15) is 5.82 Å². The van der Waals surface area contributed by atoms with Gasteiger partial charge in [0, 0.05) is 51.1 Å². The molecule has 0 saturated carbocycles. The van der Waals surface area contributed by atoms with Crippen LogP contribution in [0.4, 0.5) is 10.6 Å². The average Bonchev–Trinajstić information content (AvgIpc) is 3.20. The molecule has 8 heteroatoms. The summed E-state index contributed by atoms with van der Waals surface area (Å²) < 4.78 is 10.6. The van der Waals surface area contributed by atoms with Gasteiger partial charge in [0.2, 0.25) is 0 Å². The van der Waals surface area contributed by atoms with Crippen LogP contribution in [0.1, 0.15) is 30.1 Å². The third-order valence-electron chi connectivity index (χ3n) is 4.65. The predicted octanol–water partition coefficient (Wildman–Crippen LogP) is 1.27. The minimum atomic E-state index is -0.276. The highest BCUT2D eigenvalue weighted by atomic mass is 16.6. The second kappa shape index (κ2) is 8.84. The van der Waals surface area contributed by atoms with Crippen LogP contribution < -0.4 is 10.2 Å². The molecule has 0 aromatic carbocycles. The molecule has 142 valence electrons. The number of amides is 2. The molecule has 3 rings (SSSR count). The zero-order valence-corrected chi connectivity index (χ0v) is 15.1. The lowest BCUT2D eigenvalue weighted by molar-refractivity contribution is 0.0857. The molecule has 26 heavy (non-hydrogen) atoms. The number of carbonyl (C=O) groups excluding carboxylic acids is 2. The summed E-state index contributed by atoms with van der Waals surface area (Å²) >= 11 is 0. The Morgan fingerprint density at radius 2 is 2.15 bits per heavy atom. The largest absolute Gasteiger partial charge is 0.450 e. The van der Waals surface area contributed by atoms with Gasteiger partial charge in [-0.05, 0) is 31.9 Å². The Morgan fingerprint density at radius 3 is 2.85 bits per heavy atom. The molecule has 1 atom stereocenters. The number of piperazine rings is 1. The number of carbonyl (C=O) groups is 2. The number of nitrogens with zero attached hydrogens (tertiary/aromatic N) is 3. The highest BCUT2D eigenvalue weighted by Crippen LogP contribution is 2.16.